The van der Waals surface area contributed by atoms with Crippen molar-refractivity contribution in [2.75, 3.05) is 0 Å². The molecule has 0 amide bonds. The van der Waals surface area contributed by atoms with Gasteiger partial charge in [-0.1, -0.05) is 30.4 Å². The van der Waals surface area contributed by atoms with Gasteiger partial charge in [-0.2, -0.15) is 4.73 Å². The van der Waals surface area contributed by atoms with Crippen LogP contribution in [0.4, 0.5) is 0 Å². The molecule has 0 atom stereocenters. The number of benzene rings is 1. The highest BCUT2D eigenvalue weighted by molar-refractivity contribution is 7.71. The SMILES string of the molecule is O=C(On1cnc2ncccc2c1=S)c1ccccc1. The van der Waals surface area contributed by atoms with E-state index in [1.807, 2.05) is 6.07 Å². The predicted octanol–water partition coefficient (Wildman–Crippen LogP) is 2.43. The lowest BCUT2D eigenvalue weighted by molar-refractivity contribution is 0.0449. The maximum Gasteiger partial charge on any atom is 0.363 e. The maximum atomic E-state index is 12.0. The second kappa shape index (κ2) is 5.18. The van der Waals surface area contributed by atoms with Crippen molar-refractivity contribution in [1.29, 1.82) is 0 Å². The third-order valence-corrected chi connectivity index (χ3v) is 3.09. The van der Waals surface area contributed by atoms with Crippen molar-refractivity contribution in [3.05, 3.63) is 65.2 Å². The molecule has 6 heteroatoms. The molecule has 3 aromatic rings. The van der Waals surface area contributed by atoms with Crippen LogP contribution >= 0.6 is 12.2 Å². The van der Waals surface area contributed by atoms with Gasteiger partial charge in [0.25, 0.3) is 0 Å². The van der Waals surface area contributed by atoms with Crippen LogP contribution < -0.4 is 4.84 Å². The van der Waals surface area contributed by atoms with Crippen LogP contribution in [0.1, 0.15) is 10.4 Å². The van der Waals surface area contributed by atoms with Gasteiger partial charge in [-0.25, -0.2) is 14.8 Å². The van der Waals surface area contributed by atoms with Gasteiger partial charge in [0.05, 0.1) is 10.9 Å². The van der Waals surface area contributed by atoms with Crippen LogP contribution in [0, 0.1) is 4.64 Å². The van der Waals surface area contributed by atoms with Crippen LogP contribution in [-0.4, -0.2) is 20.7 Å². The van der Waals surface area contributed by atoms with Crippen LogP contribution in [0.25, 0.3) is 11.0 Å². The number of carbonyl (C=O) groups excluding carboxylic acids is 1. The van der Waals surface area contributed by atoms with E-state index in [1.54, 1.807) is 42.6 Å². The summed E-state index contributed by atoms with van der Waals surface area (Å²) in [4.78, 5) is 25.4. The highest BCUT2D eigenvalue weighted by Crippen LogP contribution is 2.09. The fourth-order valence-electron chi connectivity index (χ4n) is 1.73. The second-order valence-corrected chi connectivity index (χ2v) is 4.38. The van der Waals surface area contributed by atoms with Crippen LogP contribution in [0.3, 0.4) is 0 Å². The minimum absolute atomic E-state index is 0.354. The standard InChI is InChI=1S/C14H9N3O2S/c18-14(10-5-2-1-3-6-10)19-17-9-16-12-11(13(17)20)7-4-8-15-12/h1-9H. The number of hydrogen-bond donors (Lipinski definition) is 0. The normalized spacial score (nSPS) is 10.4. The number of aromatic nitrogens is 3. The monoisotopic (exact) mass is 283 g/mol. The van der Waals surface area contributed by atoms with Gasteiger partial charge in [-0.15, -0.1) is 0 Å². The van der Waals surface area contributed by atoms with Gasteiger partial charge in [0.15, 0.2) is 10.3 Å². The van der Waals surface area contributed by atoms with Gasteiger partial charge in [0.2, 0.25) is 0 Å². The Morgan fingerprint density at radius 1 is 1.10 bits per heavy atom. The highest BCUT2D eigenvalue weighted by atomic mass is 32.1. The minimum Gasteiger partial charge on any atom is -0.329 e. The smallest absolute Gasteiger partial charge is 0.329 e. The van der Waals surface area contributed by atoms with Crippen molar-refractivity contribution in [2.45, 2.75) is 0 Å². The quantitative estimate of drug-likeness (QED) is 0.676. The zero-order valence-corrected chi connectivity index (χ0v) is 11.1. The summed E-state index contributed by atoms with van der Waals surface area (Å²) in [6.45, 7) is 0. The largest absolute Gasteiger partial charge is 0.363 e. The first-order chi connectivity index (χ1) is 9.75. The molecule has 1 aromatic carbocycles. The Morgan fingerprint density at radius 3 is 2.70 bits per heavy atom. The summed E-state index contributed by atoms with van der Waals surface area (Å²) in [5.41, 5.74) is 0.963. The highest BCUT2D eigenvalue weighted by Gasteiger charge is 2.09. The van der Waals surface area contributed by atoms with Crippen LogP contribution in [0.5, 0.6) is 0 Å². The van der Waals surface area contributed by atoms with Crippen molar-refractivity contribution in [3.8, 4) is 0 Å². The second-order valence-electron chi connectivity index (χ2n) is 3.99. The average molecular weight is 283 g/mol. The molecule has 3 rings (SSSR count). The van der Waals surface area contributed by atoms with E-state index in [-0.39, 0.29) is 0 Å². The summed E-state index contributed by atoms with van der Waals surface area (Å²) in [6.07, 6.45) is 2.98. The summed E-state index contributed by atoms with van der Waals surface area (Å²) in [5.74, 6) is -0.494. The molecule has 5 nitrogen and oxygen atoms in total. The van der Waals surface area contributed by atoms with Crippen LogP contribution in [0.15, 0.2) is 55.0 Å². The third kappa shape index (κ3) is 2.28. The van der Waals surface area contributed by atoms with Crippen molar-refractivity contribution < 1.29 is 9.63 Å². The topological polar surface area (TPSA) is 57.0 Å². The number of rotatable bonds is 2. The van der Waals surface area contributed by atoms with E-state index in [2.05, 4.69) is 9.97 Å². The first kappa shape index (κ1) is 12.4. The number of carbonyl (C=O) groups is 1. The number of pyridine rings is 1. The lowest BCUT2D eigenvalue weighted by atomic mass is 10.2. The first-order valence-corrected chi connectivity index (χ1v) is 6.26. The van der Waals surface area contributed by atoms with E-state index in [0.29, 0.717) is 21.2 Å². The Labute approximate surface area is 119 Å². The fourth-order valence-corrected chi connectivity index (χ4v) is 1.97. The predicted molar refractivity (Wildman–Crippen MR) is 75.7 cm³/mol. The molecule has 0 spiro atoms. The van der Waals surface area contributed by atoms with Gasteiger partial charge in [0, 0.05) is 6.20 Å². The van der Waals surface area contributed by atoms with Crippen molar-refractivity contribution >= 4 is 29.2 Å². The van der Waals surface area contributed by atoms with Crippen molar-refractivity contribution in [2.24, 2.45) is 0 Å². The average Bonchev–Trinajstić information content (AvgIpc) is 2.51. The molecule has 0 bridgehead atoms. The molecule has 0 unspecified atom stereocenters. The molecule has 98 valence electrons. The van der Waals surface area contributed by atoms with E-state index in [9.17, 15) is 4.79 Å². The molecule has 0 saturated carbocycles. The molecule has 0 fully saturated rings. The summed E-state index contributed by atoms with van der Waals surface area (Å²) in [7, 11) is 0. The van der Waals surface area contributed by atoms with Crippen molar-refractivity contribution in [1.82, 2.24) is 14.7 Å². The molecule has 2 aromatic heterocycles. The third-order valence-electron chi connectivity index (χ3n) is 2.69. The molecule has 0 aliphatic heterocycles. The molecule has 0 aliphatic rings. The van der Waals surface area contributed by atoms with Crippen LogP contribution in [0.2, 0.25) is 0 Å². The van der Waals surface area contributed by atoms with E-state index >= 15 is 0 Å². The fraction of sp³-hybridized carbons (Fsp3) is 0. The molecular weight excluding hydrogens is 274 g/mol. The minimum atomic E-state index is -0.494. The van der Waals surface area contributed by atoms with Gasteiger partial charge in [-0.05, 0) is 24.3 Å². The van der Waals surface area contributed by atoms with E-state index < -0.39 is 5.97 Å². The summed E-state index contributed by atoms with van der Waals surface area (Å²) < 4.78 is 1.53. The molecule has 0 N–H and O–H groups in total. The first-order valence-electron chi connectivity index (χ1n) is 5.86. The summed E-state index contributed by atoms with van der Waals surface area (Å²) in [5, 5.41) is 0.658. The molecule has 0 radical (unpaired) electrons. The van der Waals surface area contributed by atoms with E-state index in [4.69, 9.17) is 17.1 Å². The lowest BCUT2D eigenvalue weighted by Crippen LogP contribution is -2.21. The van der Waals surface area contributed by atoms with Gasteiger partial charge >= 0.3 is 5.97 Å². The maximum absolute atomic E-state index is 12.0. The van der Waals surface area contributed by atoms with Gasteiger partial charge in [-0.3, -0.25) is 0 Å². The van der Waals surface area contributed by atoms with Crippen molar-refractivity contribution in [3.63, 3.8) is 0 Å². The number of nitrogens with zero attached hydrogens (tertiary/aromatic N) is 3. The number of hydrogen-bond acceptors (Lipinski definition) is 5. The Kier molecular flexibility index (Phi) is 3.22. The molecular formula is C14H9N3O2S. The molecule has 0 saturated heterocycles. The molecule has 0 aliphatic carbocycles. The van der Waals surface area contributed by atoms with Gasteiger partial charge < -0.3 is 4.84 Å². The zero-order valence-electron chi connectivity index (χ0n) is 10.3. The van der Waals surface area contributed by atoms with E-state index in [0.717, 1.165) is 0 Å². The summed E-state index contributed by atoms with van der Waals surface area (Å²) >= 11 is 5.27. The Balaban J connectivity index is 1.98. The number of fused-ring (bicyclic) bond motifs is 1. The van der Waals surface area contributed by atoms with Crippen LogP contribution in [-0.2, 0) is 0 Å². The van der Waals surface area contributed by atoms with E-state index in [1.165, 1.54) is 11.1 Å². The Morgan fingerprint density at radius 2 is 1.90 bits per heavy atom. The zero-order chi connectivity index (χ0) is 13.9. The van der Waals surface area contributed by atoms with Gasteiger partial charge in [0.1, 0.15) is 6.33 Å². The summed E-state index contributed by atoms with van der Waals surface area (Å²) in [6, 6.07) is 12.2. The Bertz CT molecular complexity index is 830. The molecule has 20 heavy (non-hydrogen) atoms. The Hall–Kier alpha value is -2.60. The molecule has 2 heterocycles. The lowest BCUT2D eigenvalue weighted by Gasteiger charge is -2.07.